The lowest BCUT2D eigenvalue weighted by atomic mass is 10.1. The molecule has 3 aromatic rings. The number of thiophene rings is 1. The van der Waals surface area contributed by atoms with E-state index in [0.717, 1.165) is 41.0 Å². The minimum atomic E-state index is -0.0961. The number of benzene rings is 1. The largest absolute Gasteiger partial charge is 0.334 e. The molecular weight excluding hydrogens is 370 g/mol. The van der Waals surface area contributed by atoms with Crippen LogP contribution in [0.15, 0.2) is 28.8 Å². The monoisotopic (exact) mass is 397 g/mol. The van der Waals surface area contributed by atoms with Crippen molar-refractivity contribution in [1.29, 1.82) is 0 Å². The highest BCUT2D eigenvalue weighted by atomic mass is 32.1. The van der Waals surface area contributed by atoms with Gasteiger partial charge < -0.3 is 9.84 Å². The Hall–Kier alpha value is -2.47. The summed E-state index contributed by atoms with van der Waals surface area (Å²) in [5.74, 6) is 1.16. The fraction of sp³-hybridized carbons (Fsp3) is 0.409. The molecule has 1 N–H and O–H groups in total. The van der Waals surface area contributed by atoms with Gasteiger partial charge >= 0.3 is 0 Å². The molecule has 2 heterocycles. The summed E-state index contributed by atoms with van der Waals surface area (Å²) in [7, 11) is 0. The molecule has 0 aliphatic rings. The molecule has 0 atom stereocenters. The molecule has 6 heteroatoms. The summed E-state index contributed by atoms with van der Waals surface area (Å²) in [4.78, 5) is 19.5. The fourth-order valence-electron chi connectivity index (χ4n) is 3.08. The normalized spacial score (nSPS) is 11.2. The predicted molar refractivity (Wildman–Crippen MR) is 114 cm³/mol. The number of para-hydroxylation sites is 1. The summed E-state index contributed by atoms with van der Waals surface area (Å²) in [5, 5.41) is 7.13. The Balaban J connectivity index is 1.93. The topological polar surface area (TPSA) is 68.0 Å². The Morgan fingerprint density at radius 2 is 2.07 bits per heavy atom. The first-order valence-electron chi connectivity index (χ1n) is 9.81. The molecule has 28 heavy (non-hydrogen) atoms. The second kappa shape index (κ2) is 8.69. The average molecular weight is 398 g/mol. The van der Waals surface area contributed by atoms with Crippen LogP contribution in [0, 0.1) is 6.92 Å². The van der Waals surface area contributed by atoms with Gasteiger partial charge in [-0.15, -0.1) is 11.3 Å². The lowest BCUT2D eigenvalue weighted by Crippen LogP contribution is -2.12. The van der Waals surface area contributed by atoms with E-state index in [9.17, 15) is 4.79 Å². The van der Waals surface area contributed by atoms with Crippen LogP contribution in [0.4, 0.5) is 5.69 Å². The first kappa shape index (κ1) is 20.3. The maximum absolute atomic E-state index is 13.0. The van der Waals surface area contributed by atoms with E-state index >= 15 is 0 Å². The van der Waals surface area contributed by atoms with E-state index in [4.69, 9.17) is 4.52 Å². The number of nitrogens with zero attached hydrogens (tertiary/aromatic N) is 2. The van der Waals surface area contributed by atoms with Gasteiger partial charge in [-0.3, -0.25) is 4.79 Å². The van der Waals surface area contributed by atoms with Crippen molar-refractivity contribution >= 4 is 22.9 Å². The van der Waals surface area contributed by atoms with Crippen molar-refractivity contribution in [2.24, 2.45) is 0 Å². The van der Waals surface area contributed by atoms with Crippen molar-refractivity contribution in [2.45, 2.75) is 59.8 Å². The molecule has 0 saturated carbocycles. The number of hydrogen-bond acceptors (Lipinski definition) is 5. The van der Waals surface area contributed by atoms with Crippen molar-refractivity contribution in [3.8, 4) is 11.5 Å². The number of rotatable bonds is 7. The third-order valence-electron chi connectivity index (χ3n) is 4.68. The van der Waals surface area contributed by atoms with Gasteiger partial charge in [0.05, 0.1) is 16.1 Å². The van der Waals surface area contributed by atoms with Gasteiger partial charge in [0, 0.05) is 10.8 Å². The fourth-order valence-corrected chi connectivity index (χ4v) is 4.33. The van der Waals surface area contributed by atoms with Crippen LogP contribution in [0.3, 0.4) is 0 Å². The van der Waals surface area contributed by atoms with Crippen molar-refractivity contribution in [2.75, 3.05) is 5.32 Å². The molecule has 0 fully saturated rings. The zero-order valence-corrected chi connectivity index (χ0v) is 17.9. The SMILES string of the molecule is CCCc1sc(C(=O)Nc2c(C)cccc2-c2nc(C(C)C)no2)cc1CC. The second-order valence-electron chi connectivity index (χ2n) is 7.23. The summed E-state index contributed by atoms with van der Waals surface area (Å²) < 4.78 is 5.46. The number of anilines is 1. The van der Waals surface area contributed by atoms with Crippen LogP contribution < -0.4 is 5.32 Å². The number of aryl methyl sites for hydroxylation is 3. The van der Waals surface area contributed by atoms with E-state index in [-0.39, 0.29) is 11.8 Å². The molecule has 2 aromatic heterocycles. The molecule has 0 unspecified atom stereocenters. The summed E-state index contributed by atoms with van der Waals surface area (Å²) in [6, 6.07) is 7.81. The predicted octanol–water partition coefficient (Wildman–Crippen LogP) is 6.00. The third kappa shape index (κ3) is 4.17. The minimum absolute atomic E-state index is 0.0961. The van der Waals surface area contributed by atoms with Crippen molar-refractivity contribution in [3.63, 3.8) is 0 Å². The number of carbonyl (C=O) groups excluding carboxylic acids is 1. The molecule has 148 valence electrons. The molecule has 1 amide bonds. The molecular formula is C22H27N3O2S. The lowest BCUT2D eigenvalue weighted by Gasteiger charge is -2.11. The van der Waals surface area contributed by atoms with E-state index < -0.39 is 0 Å². The summed E-state index contributed by atoms with van der Waals surface area (Å²) >= 11 is 1.59. The van der Waals surface area contributed by atoms with E-state index in [1.807, 2.05) is 45.0 Å². The second-order valence-corrected chi connectivity index (χ2v) is 8.36. The Morgan fingerprint density at radius 1 is 1.29 bits per heavy atom. The van der Waals surface area contributed by atoms with Crippen molar-refractivity contribution in [1.82, 2.24) is 10.1 Å². The standard InChI is InChI=1S/C22H27N3O2S/c1-6-9-17-15(7-2)12-18(28-17)21(26)23-19-14(5)10-8-11-16(19)22-24-20(13(3)4)25-27-22/h8,10-13H,6-7,9H2,1-5H3,(H,23,26). The molecule has 0 aliphatic heterocycles. The number of hydrogen-bond donors (Lipinski definition) is 1. The quantitative estimate of drug-likeness (QED) is 0.531. The molecule has 1 aromatic carbocycles. The van der Waals surface area contributed by atoms with Crippen molar-refractivity contribution < 1.29 is 9.32 Å². The summed E-state index contributed by atoms with van der Waals surface area (Å²) in [6.07, 6.45) is 3.03. The molecule has 3 rings (SSSR count). The number of nitrogens with one attached hydrogen (secondary N) is 1. The van der Waals surface area contributed by atoms with Gasteiger partial charge in [-0.25, -0.2) is 0 Å². The third-order valence-corrected chi connectivity index (χ3v) is 5.91. The van der Waals surface area contributed by atoms with Crippen LogP contribution in [0.5, 0.6) is 0 Å². The van der Waals surface area contributed by atoms with Gasteiger partial charge in [-0.05, 0) is 43.0 Å². The molecule has 0 bridgehead atoms. The van der Waals surface area contributed by atoms with Gasteiger partial charge in [0.1, 0.15) is 0 Å². The molecule has 0 aliphatic carbocycles. The van der Waals surface area contributed by atoms with Crippen molar-refractivity contribution in [3.05, 3.63) is 51.0 Å². The zero-order chi connectivity index (χ0) is 20.3. The van der Waals surface area contributed by atoms with Crippen LogP contribution in [-0.2, 0) is 12.8 Å². The summed E-state index contributed by atoms with van der Waals surface area (Å²) in [6.45, 7) is 10.3. The minimum Gasteiger partial charge on any atom is -0.334 e. The van der Waals surface area contributed by atoms with E-state index in [1.165, 1.54) is 10.4 Å². The first-order chi connectivity index (χ1) is 13.4. The van der Waals surface area contributed by atoms with Gasteiger partial charge in [-0.1, -0.05) is 51.4 Å². The van der Waals surface area contributed by atoms with Crippen LogP contribution in [0.2, 0.25) is 0 Å². The van der Waals surface area contributed by atoms with E-state index in [0.29, 0.717) is 11.7 Å². The van der Waals surface area contributed by atoms with E-state index in [2.05, 4.69) is 29.3 Å². The van der Waals surface area contributed by atoms with Crippen LogP contribution in [0.1, 0.15) is 71.5 Å². The van der Waals surface area contributed by atoms with Gasteiger partial charge in [-0.2, -0.15) is 4.98 Å². The molecule has 0 saturated heterocycles. The van der Waals surface area contributed by atoms with E-state index in [1.54, 1.807) is 11.3 Å². The Morgan fingerprint density at radius 3 is 2.71 bits per heavy atom. The molecule has 0 spiro atoms. The highest BCUT2D eigenvalue weighted by molar-refractivity contribution is 7.14. The zero-order valence-electron chi connectivity index (χ0n) is 17.1. The van der Waals surface area contributed by atoms with Gasteiger partial charge in [0.25, 0.3) is 11.8 Å². The highest BCUT2D eigenvalue weighted by Gasteiger charge is 2.20. The van der Waals surface area contributed by atoms with Gasteiger partial charge in [0.15, 0.2) is 5.82 Å². The maximum Gasteiger partial charge on any atom is 0.265 e. The van der Waals surface area contributed by atoms with Gasteiger partial charge in [0.2, 0.25) is 0 Å². The average Bonchev–Trinajstić information content (AvgIpc) is 3.31. The number of aromatic nitrogens is 2. The number of carbonyl (C=O) groups is 1. The molecule has 5 nitrogen and oxygen atoms in total. The Kier molecular flexibility index (Phi) is 6.29. The lowest BCUT2D eigenvalue weighted by molar-refractivity contribution is 0.103. The number of amides is 1. The smallest absolute Gasteiger partial charge is 0.265 e. The Bertz CT molecular complexity index is 972. The maximum atomic E-state index is 13.0. The Labute approximate surface area is 170 Å². The summed E-state index contributed by atoms with van der Waals surface area (Å²) in [5.41, 5.74) is 3.68. The first-order valence-corrected chi connectivity index (χ1v) is 10.6. The van der Waals surface area contributed by atoms with Crippen LogP contribution in [0.25, 0.3) is 11.5 Å². The highest BCUT2D eigenvalue weighted by Crippen LogP contribution is 2.32. The van der Waals surface area contributed by atoms with Crippen LogP contribution >= 0.6 is 11.3 Å². The van der Waals surface area contributed by atoms with Crippen LogP contribution in [-0.4, -0.2) is 16.0 Å². The molecule has 0 radical (unpaired) electrons.